The normalized spacial score (nSPS) is 12.1. The SMILES string of the molecule is CC(C)CC(NC(=O)CCC(=O)O)C(=O)N(C)C. The molecule has 0 fully saturated rings. The van der Waals surface area contributed by atoms with E-state index in [0.29, 0.717) is 6.42 Å². The fourth-order valence-corrected chi connectivity index (χ4v) is 1.49. The van der Waals surface area contributed by atoms with E-state index in [4.69, 9.17) is 5.11 Å². The van der Waals surface area contributed by atoms with Crippen LogP contribution >= 0.6 is 0 Å². The zero-order chi connectivity index (χ0) is 14.3. The third kappa shape index (κ3) is 6.88. The molecule has 18 heavy (non-hydrogen) atoms. The highest BCUT2D eigenvalue weighted by Gasteiger charge is 2.23. The number of carbonyl (C=O) groups is 3. The third-order valence-corrected chi connectivity index (χ3v) is 2.35. The monoisotopic (exact) mass is 258 g/mol. The molecule has 0 aliphatic rings. The summed E-state index contributed by atoms with van der Waals surface area (Å²) < 4.78 is 0. The van der Waals surface area contributed by atoms with Gasteiger partial charge in [-0.2, -0.15) is 0 Å². The Morgan fingerprint density at radius 3 is 2.11 bits per heavy atom. The van der Waals surface area contributed by atoms with E-state index in [1.165, 1.54) is 4.90 Å². The van der Waals surface area contributed by atoms with Crippen LogP contribution in [0.3, 0.4) is 0 Å². The molecule has 1 atom stereocenters. The van der Waals surface area contributed by atoms with Gasteiger partial charge in [-0.15, -0.1) is 0 Å². The van der Waals surface area contributed by atoms with Crippen molar-refractivity contribution in [2.75, 3.05) is 14.1 Å². The smallest absolute Gasteiger partial charge is 0.303 e. The van der Waals surface area contributed by atoms with Crippen molar-refractivity contribution in [1.82, 2.24) is 10.2 Å². The lowest BCUT2D eigenvalue weighted by atomic mass is 10.0. The summed E-state index contributed by atoms with van der Waals surface area (Å²) in [7, 11) is 3.25. The largest absolute Gasteiger partial charge is 0.481 e. The molecule has 0 aromatic carbocycles. The van der Waals surface area contributed by atoms with Crippen LogP contribution in [0.2, 0.25) is 0 Å². The number of carbonyl (C=O) groups excluding carboxylic acids is 2. The first-order chi connectivity index (χ1) is 8.23. The lowest BCUT2D eigenvalue weighted by Crippen LogP contribution is -2.46. The Hall–Kier alpha value is -1.59. The summed E-state index contributed by atoms with van der Waals surface area (Å²) in [6.45, 7) is 3.92. The van der Waals surface area contributed by atoms with E-state index in [-0.39, 0.29) is 24.7 Å². The maximum atomic E-state index is 11.8. The topological polar surface area (TPSA) is 86.7 Å². The van der Waals surface area contributed by atoms with Crippen molar-refractivity contribution in [3.63, 3.8) is 0 Å². The Labute approximate surface area is 107 Å². The van der Waals surface area contributed by atoms with Crippen LogP contribution in [-0.4, -0.2) is 47.9 Å². The van der Waals surface area contributed by atoms with Gasteiger partial charge < -0.3 is 15.3 Å². The zero-order valence-corrected chi connectivity index (χ0v) is 11.4. The number of likely N-dealkylation sites (N-methyl/N-ethyl adjacent to an activating group) is 1. The molecule has 0 saturated carbocycles. The van der Waals surface area contributed by atoms with E-state index < -0.39 is 17.9 Å². The molecule has 0 bridgehead atoms. The van der Waals surface area contributed by atoms with Gasteiger partial charge in [0.05, 0.1) is 6.42 Å². The Bertz CT molecular complexity index is 313. The predicted octanol–water partition coefficient (Wildman–Crippen LogP) is 0.470. The highest BCUT2D eigenvalue weighted by molar-refractivity contribution is 5.88. The van der Waals surface area contributed by atoms with Gasteiger partial charge in [-0.1, -0.05) is 13.8 Å². The molecule has 1 unspecified atom stereocenters. The Kier molecular flexibility index (Phi) is 7.00. The number of rotatable bonds is 7. The summed E-state index contributed by atoms with van der Waals surface area (Å²) in [6, 6.07) is -0.582. The first-order valence-electron chi connectivity index (χ1n) is 5.96. The molecule has 0 radical (unpaired) electrons. The molecular formula is C12H22N2O4. The summed E-state index contributed by atoms with van der Waals surface area (Å²) in [4.78, 5) is 35.1. The van der Waals surface area contributed by atoms with Crippen LogP contribution in [0.15, 0.2) is 0 Å². The first-order valence-corrected chi connectivity index (χ1v) is 5.96. The molecule has 0 saturated heterocycles. The quantitative estimate of drug-likeness (QED) is 0.695. The van der Waals surface area contributed by atoms with Gasteiger partial charge in [-0.25, -0.2) is 0 Å². The summed E-state index contributed by atoms with van der Waals surface area (Å²) in [6.07, 6.45) is 0.205. The second kappa shape index (κ2) is 7.68. The number of nitrogens with zero attached hydrogens (tertiary/aromatic N) is 1. The molecule has 6 nitrogen and oxygen atoms in total. The number of amides is 2. The molecule has 0 spiro atoms. The number of hydrogen-bond donors (Lipinski definition) is 2. The van der Waals surface area contributed by atoms with Crippen LogP contribution < -0.4 is 5.32 Å². The summed E-state index contributed by atoms with van der Waals surface area (Å²) in [5, 5.41) is 11.1. The second-order valence-electron chi connectivity index (χ2n) is 4.88. The summed E-state index contributed by atoms with van der Waals surface area (Å²) in [5.41, 5.74) is 0. The summed E-state index contributed by atoms with van der Waals surface area (Å²) in [5.74, 6) is -1.34. The lowest BCUT2D eigenvalue weighted by Gasteiger charge is -2.23. The predicted molar refractivity (Wildman–Crippen MR) is 66.9 cm³/mol. The van der Waals surface area contributed by atoms with E-state index in [0.717, 1.165) is 0 Å². The van der Waals surface area contributed by atoms with Gasteiger partial charge in [0.25, 0.3) is 0 Å². The van der Waals surface area contributed by atoms with Crippen molar-refractivity contribution < 1.29 is 19.5 Å². The molecule has 2 N–H and O–H groups in total. The minimum atomic E-state index is -1.02. The summed E-state index contributed by atoms with van der Waals surface area (Å²) >= 11 is 0. The number of carboxylic acids is 1. The average Bonchev–Trinajstić information content (AvgIpc) is 2.23. The molecule has 2 amide bonds. The van der Waals surface area contributed by atoms with Crippen molar-refractivity contribution in [3.05, 3.63) is 0 Å². The molecule has 0 aromatic rings. The fraction of sp³-hybridized carbons (Fsp3) is 0.750. The number of aliphatic carboxylic acids is 1. The lowest BCUT2D eigenvalue weighted by molar-refractivity contribution is -0.139. The molecule has 0 aliphatic carbocycles. The Balaban J connectivity index is 4.44. The fourth-order valence-electron chi connectivity index (χ4n) is 1.49. The molecule has 0 rings (SSSR count). The van der Waals surface area contributed by atoms with E-state index >= 15 is 0 Å². The number of hydrogen-bond acceptors (Lipinski definition) is 3. The number of nitrogens with one attached hydrogen (secondary N) is 1. The molecule has 104 valence electrons. The average molecular weight is 258 g/mol. The highest BCUT2D eigenvalue weighted by atomic mass is 16.4. The van der Waals surface area contributed by atoms with Crippen LogP contribution in [0.4, 0.5) is 0 Å². The van der Waals surface area contributed by atoms with E-state index in [1.807, 2.05) is 13.8 Å². The van der Waals surface area contributed by atoms with Gasteiger partial charge in [0.15, 0.2) is 0 Å². The van der Waals surface area contributed by atoms with E-state index in [1.54, 1.807) is 14.1 Å². The molecule has 6 heteroatoms. The maximum Gasteiger partial charge on any atom is 0.303 e. The standard InChI is InChI=1S/C12H22N2O4/c1-8(2)7-9(12(18)14(3)4)13-10(15)5-6-11(16)17/h8-9H,5-7H2,1-4H3,(H,13,15)(H,16,17). The second-order valence-corrected chi connectivity index (χ2v) is 4.88. The highest BCUT2D eigenvalue weighted by Crippen LogP contribution is 2.07. The van der Waals surface area contributed by atoms with Gasteiger partial charge in [-0.05, 0) is 12.3 Å². The molecule has 0 aromatic heterocycles. The van der Waals surface area contributed by atoms with Crippen LogP contribution in [0.1, 0.15) is 33.1 Å². The van der Waals surface area contributed by atoms with Crippen molar-refractivity contribution in [1.29, 1.82) is 0 Å². The van der Waals surface area contributed by atoms with Gasteiger partial charge in [0.1, 0.15) is 6.04 Å². The van der Waals surface area contributed by atoms with Crippen LogP contribution in [-0.2, 0) is 14.4 Å². The van der Waals surface area contributed by atoms with Gasteiger partial charge >= 0.3 is 5.97 Å². The minimum Gasteiger partial charge on any atom is -0.481 e. The van der Waals surface area contributed by atoms with Crippen LogP contribution in [0.25, 0.3) is 0 Å². The van der Waals surface area contributed by atoms with Gasteiger partial charge in [-0.3, -0.25) is 14.4 Å². The van der Waals surface area contributed by atoms with Crippen LogP contribution in [0, 0.1) is 5.92 Å². The Morgan fingerprint density at radius 2 is 1.72 bits per heavy atom. The van der Waals surface area contributed by atoms with Crippen molar-refractivity contribution in [3.8, 4) is 0 Å². The Morgan fingerprint density at radius 1 is 1.17 bits per heavy atom. The van der Waals surface area contributed by atoms with Crippen LogP contribution in [0.5, 0.6) is 0 Å². The van der Waals surface area contributed by atoms with Crippen molar-refractivity contribution in [2.45, 2.75) is 39.2 Å². The van der Waals surface area contributed by atoms with Crippen molar-refractivity contribution >= 4 is 17.8 Å². The minimum absolute atomic E-state index is 0.107. The molecule has 0 aliphatic heterocycles. The maximum absolute atomic E-state index is 11.8. The number of carboxylic acid groups (broad SMARTS) is 1. The van der Waals surface area contributed by atoms with E-state index in [9.17, 15) is 14.4 Å². The zero-order valence-electron chi connectivity index (χ0n) is 11.4. The van der Waals surface area contributed by atoms with Gasteiger partial charge in [0, 0.05) is 20.5 Å². The van der Waals surface area contributed by atoms with Crippen molar-refractivity contribution in [2.24, 2.45) is 5.92 Å². The van der Waals surface area contributed by atoms with E-state index in [2.05, 4.69) is 5.32 Å². The van der Waals surface area contributed by atoms with Gasteiger partial charge in [0.2, 0.25) is 11.8 Å². The third-order valence-electron chi connectivity index (χ3n) is 2.35. The molecular weight excluding hydrogens is 236 g/mol. The first kappa shape index (κ1) is 16.4. The molecule has 0 heterocycles.